The third-order valence-corrected chi connectivity index (χ3v) is 4.32. The maximum Gasteiger partial charge on any atom is 0.272 e. The van der Waals surface area contributed by atoms with Gasteiger partial charge in [0.25, 0.3) is 5.56 Å². The molecule has 0 fully saturated rings. The monoisotopic (exact) mass is 353 g/mol. The minimum atomic E-state index is -0.271. The van der Waals surface area contributed by atoms with Gasteiger partial charge in [0.05, 0.1) is 11.0 Å². The molecule has 0 radical (unpaired) electrons. The van der Waals surface area contributed by atoms with E-state index in [0.29, 0.717) is 0 Å². The van der Waals surface area contributed by atoms with Crippen LogP contribution in [0, 0.1) is 0 Å². The van der Waals surface area contributed by atoms with Gasteiger partial charge in [0.2, 0.25) is 0 Å². The molecule has 0 aliphatic carbocycles. The van der Waals surface area contributed by atoms with Crippen LogP contribution in [0.2, 0.25) is 0 Å². The van der Waals surface area contributed by atoms with Crippen molar-refractivity contribution < 1.29 is 0 Å². The topological polar surface area (TPSA) is 74.7 Å². The van der Waals surface area contributed by atoms with Crippen LogP contribution in [-0.2, 0) is 0 Å². The van der Waals surface area contributed by atoms with E-state index in [2.05, 4.69) is 25.9 Å². The van der Waals surface area contributed by atoms with Crippen molar-refractivity contribution in [2.24, 2.45) is 0 Å². The Balaban J connectivity index is 2.22. The molecule has 4 aromatic rings. The van der Waals surface area contributed by atoms with Crippen molar-refractivity contribution in [2.45, 2.75) is 0 Å². The molecule has 0 aliphatic rings. The number of anilines is 1. The Bertz CT molecular complexity index is 1060. The SMILES string of the molecule is Nc1c(-c2ccccc2)c2[nH]c3ccc(Br)cc3c2[nH]c1=O. The Morgan fingerprint density at radius 1 is 0.955 bits per heavy atom. The number of rotatable bonds is 1. The summed E-state index contributed by atoms with van der Waals surface area (Å²) in [5.41, 5.74) is 10.2. The van der Waals surface area contributed by atoms with Gasteiger partial charge < -0.3 is 15.7 Å². The number of aromatic amines is 2. The zero-order chi connectivity index (χ0) is 15.3. The molecule has 4 rings (SSSR count). The molecule has 2 aromatic carbocycles. The molecular weight excluding hydrogens is 342 g/mol. The fraction of sp³-hybridized carbons (Fsp3) is 0. The molecule has 4 N–H and O–H groups in total. The van der Waals surface area contributed by atoms with E-state index in [1.54, 1.807) is 0 Å². The average Bonchev–Trinajstić information content (AvgIpc) is 2.87. The summed E-state index contributed by atoms with van der Waals surface area (Å²) in [6.07, 6.45) is 0. The molecule has 0 bridgehead atoms. The second-order valence-electron chi connectivity index (χ2n) is 5.17. The van der Waals surface area contributed by atoms with Crippen molar-refractivity contribution in [3.05, 3.63) is 63.4 Å². The second-order valence-corrected chi connectivity index (χ2v) is 6.09. The summed E-state index contributed by atoms with van der Waals surface area (Å²) < 4.78 is 0.958. The van der Waals surface area contributed by atoms with Gasteiger partial charge in [-0.15, -0.1) is 0 Å². The number of hydrogen-bond donors (Lipinski definition) is 3. The number of nitrogens with one attached hydrogen (secondary N) is 2. The van der Waals surface area contributed by atoms with E-state index in [0.717, 1.165) is 37.5 Å². The maximum absolute atomic E-state index is 12.2. The molecule has 22 heavy (non-hydrogen) atoms. The summed E-state index contributed by atoms with van der Waals surface area (Å²) >= 11 is 3.47. The first-order valence-electron chi connectivity index (χ1n) is 6.83. The number of nitrogens with two attached hydrogens (primary N) is 1. The number of fused-ring (bicyclic) bond motifs is 3. The van der Waals surface area contributed by atoms with Crippen LogP contribution in [-0.4, -0.2) is 9.97 Å². The normalized spacial score (nSPS) is 11.3. The molecule has 108 valence electrons. The van der Waals surface area contributed by atoms with Crippen LogP contribution in [0.4, 0.5) is 5.69 Å². The van der Waals surface area contributed by atoms with Crippen molar-refractivity contribution in [3.63, 3.8) is 0 Å². The molecule has 5 heteroatoms. The number of halogens is 1. The third-order valence-electron chi connectivity index (χ3n) is 3.83. The first-order chi connectivity index (χ1) is 10.6. The Morgan fingerprint density at radius 2 is 1.73 bits per heavy atom. The molecule has 4 nitrogen and oxygen atoms in total. The van der Waals surface area contributed by atoms with E-state index in [1.165, 1.54) is 0 Å². The highest BCUT2D eigenvalue weighted by atomic mass is 79.9. The van der Waals surface area contributed by atoms with Crippen molar-refractivity contribution in [1.29, 1.82) is 0 Å². The van der Waals surface area contributed by atoms with Crippen molar-refractivity contribution >= 4 is 43.6 Å². The Kier molecular flexibility index (Phi) is 2.84. The fourth-order valence-corrected chi connectivity index (χ4v) is 3.18. The molecule has 2 aromatic heterocycles. The number of aromatic nitrogens is 2. The first-order valence-corrected chi connectivity index (χ1v) is 7.62. The number of H-pyrrole nitrogens is 2. The quantitative estimate of drug-likeness (QED) is 0.483. The minimum absolute atomic E-state index is 0.226. The number of hydrogen-bond acceptors (Lipinski definition) is 2. The van der Waals surface area contributed by atoms with Crippen LogP contribution in [0.5, 0.6) is 0 Å². The number of pyridine rings is 1. The summed E-state index contributed by atoms with van der Waals surface area (Å²) in [6.45, 7) is 0. The van der Waals surface area contributed by atoms with Crippen molar-refractivity contribution in [3.8, 4) is 11.1 Å². The lowest BCUT2D eigenvalue weighted by Crippen LogP contribution is -2.13. The van der Waals surface area contributed by atoms with Crippen LogP contribution in [0.25, 0.3) is 33.1 Å². The summed E-state index contributed by atoms with van der Waals surface area (Å²) in [4.78, 5) is 18.5. The summed E-state index contributed by atoms with van der Waals surface area (Å²) in [6, 6.07) is 15.6. The third kappa shape index (κ3) is 1.86. The highest BCUT2D eigenvalue weighted by molar-refractivity contribution is 9.10. The molecule has 0 amide bonds. The summed E-state index contributed by atoms with van der Waals surface area (Å²) in [7, 11) is 0. The summed E-state index contributed by atoms with van der Waals surface area (Å²) in [5.74, 6) is 0. The predicted molar refractivity (Wildman–Crippen MR) is 94.0 cm³/mol. The molecule has 2 heterocycles. The van der Waals surface area contributed by atoms with Crippen LogP contribution < -0.4 is 11.3 Å². The lowest BCUT2D eigenvalue weighted by molar-refractivity contribution is 1.31. The lowest BCUT2D eigenvalue weighted by Gasteiger charge is -2.07. The Hall–Kier alpha value is -2.53. The zero-order valence-corrected chi connectivity index (χ0v) is 13.1. The Labute approximate surface area is 134 Å². The highest BCUT2D eigenvalue weighted by Crippen LogP contribution is 2.34. The van der Waals surface area contributed by atoms with Gasteiger partial charge in [0.1, 0.15) is 5.69 Å². The summed E-state index contributed by atoms with van der Waals surface area (Å²) in [5, 5.41) is 0.957. The van der Waals surface area contributed by atoms with Crippen LogP contribution in [0.3, 0.4) is 0 Å². The van der Waals surface area contributed by atoms with Crippen molar-refractivity contribution in [1.82, 2.24) is 9.97 Å². The molecular formula is C17H12BrN3O. The molecule has 0 atom stereocenters. The Morgan fingerprint density at radius 3 is 2.50 bits per heavy atom. The van der Waals surface area contributed by atoms with Gasteiger partial charge in [0.15, 0.2) is 0 Å². The second kappa shape index (κ2) is 4.74. The molecule has 0 unspecified atom stereocenters. The van der Waals surface area contributed by atoms with E-state index in [-0.39, 0.29) is 11.2 Å². The molecule has 0 saturated heterocycles. The molecule has 0 aliphatic heterocycles. The maximum atomic E-state index is 12.2. The van der Waals surface area contributed by atoms with Gasteiger partial charge in [-0.1, -0.05) is 46.3 Å². The van der Waals surface area contributed by atoms with E-state index in [4.69, 9.17) is 5.73 Å². The van der Waals surface area contributed by atoms with Crippen molar-refractivity contribution in [2.75, 3.05) is 5.73 Å². The van der Waals surface area contributed by atoms with Gasteiger partial charge in [-0.25, -0.2) is 0 Å². The number of nitrogen functional groups attached to an aromatic ring is 1. The highest BCUT2D eigenvalue weighted by Gasteiger charge is 2.16. The van der Waals surface area contributed by atoms with Gasteiger partial charge in [-0.05, 0) is 23.8 Å². The smallest absolute Gasteiger partial charge is 0.272 e. The van der Waals surface area contributed by atoms with E-state index < -0.39 is 0 Å². The first kappa shape index (κ1) is 13.2. The zero-order valence-electron chi connectivity index (χ0n) is 11.5. The fourth-order valence-electron chi connectivity index (χ4n) is 2.82. The van der Waals surface area contributed by atoms with Gasteiger partial charge in [0, 0.05) is 20.9 Å². The van der Waals surface area contributed by atoms with Crippen LogP contribution in [0.15, 0.2) is 57.8 Å². The van der Waals surface area contributed by atoms with Crippen LogP contribution >= 0.6 is 15.9 Å². The van der Waals surface area contributed by atoms with E-state index >= 15 is 0 Å². The van der Waals surface area contributed by atoms with Gasteiger partial charge in [-0.3, -0.25) is 4.79 Å². The number of benzene rings is 2. The lowest BCUT2D eigenvalue weighted by atomic mass is 10.0. The largest absolute Gasteiger partial charge is 0.394 e. The van der Waals surface area contributed by atoms with Crippen LogP contribution in [0.1, 0.15) is 0 Å². The molecule has 0 spiro atoms. The average molecular weight is 354 g/mol. The predicted octanol–water partition coefficient (Wildman–Crippen LogP) is 4.02. The minimum Gasteiger partial charge on any atom is -0.394 e. The van der Waals surface area contributed by atoms with Gasteiger partial charge in [-0.2, -0.15) is 0 Å². The van der Waals surface area contributed by atoms with Gasteiger partial charge >= 0.3 is 0 Å². The van der Waals surface area contributed by atoms with E-state index in [9.17, 15) is 4.79 Å². The van der Waals surface area contributed by atoms with E-state index in [1.807, 2.05) is 48.5 Å². The molecule has 0 saturated carbocycles. The standard InChI is InChI=1S/C17H12BrN3O/c18-10-6-7-12-11(8-10)15-16(20-12)13(14(19)17(22)21-15)9-4-2-1-3-5-9/h1-8,20H,19H2,(H,21,22).